The molecule has 2 rings (SSSR count). The van der Waals surface area contributed by atoms with E-state index in [1.54, 1.807) is 18.5 Å². The van der Waals surface area contributed by atoms with Crippen LogP contribution in [0.2, 0.25) is 0 Å². The highest BCUT2D eigenvalue weighted by Gasteiger charge is 2.02. The van der Waals surface area contributed by atoms with Crippen LogP contribution in [0.3, 0.4) is 0 Å². The van der Waals surface area contributed by atoms with Gasteiger partial charge in [0, 0.05) is 6.20 Å². The lowest BCUT2D eigenvalue weighted by molar-refractivity contribution is -0.116. The molecule has 76 valence electrons. The second-order valence-corrected chi connectivity index (χ2v) is 3.15. The van der Waals surface area contributed by atoms with E-state index < -0.39 is 0 Å². The number of amides is 1. The zero-order chi connectivity index (χ0) is 10.5. The Morgan fingerprint density at radius 1 is 1.27 bits per heavy atom. The van der Waals surface area contributed by atoms with E-state index in [0.29, 0.717) is 6.42 Å². The Balaban J connectivity index is 1.94. The molecule has 15 heavy (non-hydrogen) atoms. The van der Waals surface area contributed by atoms with Crippen LogP contribution >= 0.6 is 0 Å². The highest BCUT2D eigenvalue weighted by atomic mass is 16.2. The highest BCUT2D eigenvalue weighted by molar-refractivity contribution is 5.85. The van der Waals surface area contributed by atoms with Crippen LogP contribution in [0.4, 0.5) is 0 Å². The Labute approximate surface area is 87.5 Å². The average Bonchev–Trinajstić information content (AvgIpc) is 2.71. The van der Waals surface area contributed by atoms with Crippen LogP contribution in [0.15, 0.2) is 48.8 Å². The van der Waals surface area contributed by atoms with Crippen molar-refractivity contribution in [2.75, 3.05) is 5.43 Å². The molecule has 4 nitrogen and oxygen atoms in total. The number of carbonyl (C=O) groups is 1. The largest absolute Gasteiger partial charge is 0.273 e. The molecule has 0 aliphatic rings. The lowest BCUT2D eigenvalue weighted by atomic mass is 10.1. The van der Waals surface area contributed by atoms with Gasteiger partial charge in [-0.25, -0.2) is 5.43 Å². The van der Waals surface area contributed by atoms with Gasteiger partial charge in [-0.1, -0.05) is 30.3 Å². The summed E-state index contributed by atoms with van der Waals surface area (Å²) < 4.78 is 0. The third kappa shape index (κ3) is 2.67. The van der Waals surface area contributed by atoms with Crippen LogP contribution in [-0.4, -0.2) is 15.8 Å². The number of carbonyl (C=O) groups excluding carboxylic acids is 1. The maximum absolute atomic E-state index is 11.5. The van der Waals surface area contributed by atoms with Gasteiger partial charge in [-0.15, -0.1) is 0 Å². The molecule has 1 aromatic carbocycles. The van der Waals surface area contributed by atoms with Crippen LogP contribution in [0.1, 0.15) is 5.56 Å². The minimum absolute atomic E-state index is 0.0788. The molecule has 0 spiro atoms. The first-order chi connectivity index (χ1) is 7.34. The summed E-state index contributed by atoms with van der Waals surface area (Å²) in [5.41, 5.74) is 3.63. The van der Waals surface area contributed by atoms with Crippen molar-refractivity contribution in [1.82, 2.24) is 9.89 Å². The molecule has 0 aliphatic carbocycles. The van der Waals surface area contributed by atoms with Crippen molar-refractivity contribution < 1.29 is 4.79 Å². The molecule has 0 saturated heterocycles. The average molecular weight is 201 g/mol. The molecule has 1 N–H and O–H groups in total. The molecule has 1 aromatic heterocycles. The van der Waals surface area contributed by atoms with Gasteiger partial charge in [-0.3, -0.25) is 4.79 Å². The first kappa shape index (κ1) is 9.45. The summed E-state index contributed by atoms with van der Waals surface area (Å²) >= 11 is 0. The standard InChI is InChI=1S/C11H11N3O/c15-11(13-14-8-4-7-12-14)9-10-5-2-1-3-6-10/h1-8H,9H2,(H,13,15). The van der Waals surface area contributed by atoms with Crippen molar-refractivity contribution in [1.29, 1.82) is 0 Å². The van der Waals surface area contributed by atoms with Gasteiger partial charge >= 0.3 is 0 Å². The van der Waals surface area contributed by atoms with E-state index in [2.05, 4.69) is 10.5 Å². The van der Waals surface area contributed by atoms with E-state index >= 15 is 0 Å². The summed E-state index contributed by atoms with van der Waals surface area (Å²) in [6.07, 6.45) is 3.66. The molecule has 0 bridgehead atoms. The molecule has 0 unspecified atom stereocenters. The molecule has 0 fully saturated rings. The van der Waals surface area contributed by atoms with E-state index in [1.807, 2.05) is 30.3 Å². The quantitative estimate of drug-likeness (QED) is 0.811. The summed E-state index contributed by atoms with van der Waals surface area (Å²) in [5.74, 6) is -0.0788. The predicted molar refractivity (Wildman–Crippen MR) is 56.7 cm³/mol. The predicted octanol–water partition coefficient (Wildman–Crippen LogP) is 1.20. The van der Waals surface area contributed by atoms with Gasteiger partial charge in [0.2, 0.25) is 5.91 Å². The second-order valence-electron chi connectivity index (χ2n) is 3.15. The molecule has 2 aromatic rings. The maximum Gasteiger partial charge on any atom is 0.244 e. The maximum atomic E-state index is 11.5. The topological polar surface area (TPSA) is 46.9 Å². The molecule has 0 saturated carbocycles. The summed E-state index contributed by atoms with van der Waals surface area (Å²) in [4.78, 5) is 12.9. The third-order valence-corrected chi connectivity index (χ3v) is 1.95. The number of nitrogens with zero attached hydrogens (tertiary/aromatic N) is 2. The normalized spacial score (nSPS) is 9.87. The van der Waals surface area contributed by atoms with Gasteiger partial charge in [0.1, 0.15) is 0 Å². The number of nitrogens with one attached hydrogen (secondary N) is 1. The minimum atomic E-state index is -0.0788. The molecule has 1 amide bonds. The molecule has 0 atom stereocenters. The van der Waals surface area contributed by atoms with E-state index in [9.17, 15) is 4.79 Å². The molecular formula is C11H11N3O. The molecule has 4 heteroatoms. The van der Waals surface area contributed by atoms with Crippen molar-refractivity contribution in [2.24, 2.45) is 0 Å². The second kappa shape index (κ2) is 4.41. The van der Waals surface area contributed by atoms with Gasteiger partial charge in [-0.2, -0.15) is 9.89 Å². The first-order valence-corrected chi connectivity index (χ1v) is 4.68. The summed E-state index contributed by atoms with van der Waals surface area (Å²) in [6.45, 7) is 0. The molecule has 0 radical (unpaired) electrons. The van der Waals surface area contributed by atoms with E-state index in [-0.39, 0.29) is 5.91 Å². The number of hydrogen-bond donors (Lipinski definition) is 1. The number of aromatic nitrogens is 2. The van der Waals surface area contributed by atoms with Crippen molar-refractivity contribution in [3.05, 3.63) is 54.4 Å². The van der Waals surface area contributed by atoms with Gasteiger partial charge in [0.15, 0.2) is 0 Å². The fourth-order valence-electron chi connectivity index (χ4n) is 1.28. The Hall–Kier alpha value is -2.10. The monoisotopic (exact) mass is 201 g/mol. The van der Waals surface area contributed by atoms with Crippen molar-refractivity contribution in [3.63, 3.8) is 0 Å². The number of rotatable bonds is 3. The highest BCUT2D eigenvalue weighted by Crippen LogP contribution is 1.99. The first-order valence-electron chi connectivity index (χ1n) is 4.68. The zero-order valence-electron chi connectivity index (χ0n) is 8.13. The Morgan fingerprint density at radius 2 is 2.07 bits per heavy atom. The fourth-order valence-corrected chi connectivity index (χ4v) is 1.28. The summed E-state index contributed by atoms with van der Waals surface area (Å²) in [6, 6.07) is 11.3. The Bertz CT molecular complexity index is 422. The zero-order valence-corrected chi connectivity index (χ0v) is 8.13. The van der Waals surface area contributed by atoms with Crippen LogP contribution in [0, 0.1) is 0 Å². The van der Waals surface area contributed by atoms with Crippen LogP contribution < -0.4 is 5.43 Å². The SMILES string of the molecule is O=C(Cc1ccccc1)Nn1cccn1. The summed E-state index contributed by atoms with van der Waals surface area (Å²) in [5, 5.41) is 3.88. The smallest absolute Gasteiger partial charge is 0.244 e. The summed E-state index contributed by atoms with van der Waals surface area (Å²) in [7, 11) is 0. The fraction of sp³-hybridized carbons (Fsp3) is 0.0909. The minimum Gasteiger partial charge on any atom is -0.273 e. The third-order valence-electron chi connectivity index (χ3n) is 1.95. The van der Waals surface area contributed by atoms with Crippen LogP contribution in [0.25, 0.3) is 0 Å². The van der Waals surface area contributed by atoms with E-state index in [0.717, 1.165) is 5.56 Å². The van der Waals surface area contributed by atoms with Crippen molar-refractivity contribution in [2.45, 2.75) is 6.42 Å². The van der Waals surface area contributed by atoms with Gasteiger partial charge in [0.05, 0.1) is 12.6 Å². The molecular weight excluding hydrogens is 190 g/mol. The lowest BCUT2D eigenvalue weighted by Gasteiger charge is -2.04. The number of hydrogen-bond acceptors (Lipinski definition) is 2. The van der Waals surface area contributed by atoms with Crippen molar-refractivity contribution >= 4 is 5.91 Å². The molecule has 1 heterocycles. The van der Waals surface area contributed by atoms with Gasteiger partial charge in [-0.05, 0) is 11.6 Å². The molecule has 0 aliphatic heterocycles. The Kier molecular flexibility index (Phi) is 2.78. The van der Waals surface area contributed by atoms with Gasteiger partial charge in [0.25, 0.3) is 0 Å². The number of benzene rings is 1. The van der Waals surface area contributed by atoms with E-state index in [1.165, 1.54) is 4.79 Å². The Morgan fingerprint density at radius 3 is 2.73 bits per heavy atom. The van der Waals surface area contributed by atoms with Gasteiger partial charge < -0.3 is 0 Å². The van der Waals surface area contributed by atoms with Crippen LogP contribution in [-0.2, 0) is 11.2 Å². The lowest BCUT2D eigenvalue weighted by Crippen LogP contribution is -2.24. The van der Waals surface area contributed by atoms with Crippen LogP contribution in [0.5, 0.6) is 0 Å². The van der Waals surface area contributed by atoms with Crippen molar-refractivity contribution in [3.8, 4) is 0 Å². The van der Waals surface area contributed by atoms with E-state index in [4.69, 9.17) is 0 Å².